The van der Waals surface area contributed by atoms with E-state index in [-0.39, 0.29) is 23.0 Å². The summed E-state index contributed by atoms with van der Waals surface area (Å²) >= 11 is 0. The van der Waals surface area contributed by atoms with Gasteiger partial charge in [0.25, 0.3) is 17.6 Å². The number of nitrogens with one attached hydrogen (secondary N) is 2. The first kappa shape index (κ1) is 23.3. The van der Waals surface area contributed by atoms with Crippen LogP contribution in [0.5, 0.6) is 0 Å². The summed E-state index contributed by atoms with van der Waals surface area (Å²) in [7, 11) is 1.65. The molecule has 7 heteroatoms. The van der Waals surface area contributed by atoms with E-state index in [9.17, 15) is 18.8 Å². The molecule has 6 nitrogen and oxygen atoms in total. The van der Waals surface area contributed by atoms with E-state index in [0.29, 0.717) is 28.1 Å². The normalized spacial score (nSPS) is 12.4. The number of aromatic nitrogens is 1. The molecule has 0 unspecified atom stereocenters. The number of rotatable bonds is 5. The Hall–Kier alpha value is -2.96. The smallest absolute Gasteiger partial charge is 0.294 e. The van der Waals surface area contributed by atoms with E-state index in [1.165, 1.54) is 18.2 Å². The largest absolute Gasteiger partial charge is 0.346 e. The minimum Gasteiger partial charge on any atom is -0.346 e. The highest BCUT2D eigenvalue weighted by Gasteiger charge is 2.31. The van der Waals surface area contributed by atoms with Crippen molar-refractivity contribution in [3.63, 3.8) is 0 Å². The van der Waals surface area contributed by atoms with E-state index < -0.39 is 17.6 Å². The number of hydrogen-bond donors (Lipinski definition) is 2. The van der Waals surface area contributed by atoms with Gasteiger partial charge in [-0.05, 0) is 62.4 Å². The molecule has 2 amide bonds. The van der Waals surface area contributed by atoms with E-state index in [2.05, 4.69) is 10.6 Å². The molecule has 1 aromatic carbocycles. The van der Waals surface area contributed by atoms with E-state index in [4.69, 9.17) is 0 Å². The summed E-state index contributed by atoms with van der Waals surface area (Å²) in [6.07, 6.45) is 0. The molecule has 2 N–H and O–H groups in total. The topological polar surface area (TPSA) is 80.2 Å². The number of amides is 2. The Balaban J connectivity index is 2.33. The van der Waals surface area contributed by atoms with Gasteiger partial charge in [0.2, 0.25) is 0 Å². The first-order valence-corrected chi connectivity index (χ1v) is 9.84. The van der Waals surface area contributed by atoms with Crippen LogP contribution in [0.2, 0.25) is 0 Å². The predicted octanol–water partition coefficient (Wildman–Crippen LogP) is 4.08. The fourth-order valence-electron chi connectivity index (χ4n) is 3.14. The third-order valence-corrected chi connectivity index (χ3v) is 5.64. The van der Waals surface area contributed by atoms with E-state index in [0.717, 1.165) is 0 Å². The van der Waals surface area contributed by atoms with Gasteiger partial charge in [-0.25, -0.2) is 4.39 Å². The van der Waals surface area contributed by atoms with Crippen LogP contribution in [0.25, 0.3) is 0 Å². The standard InChI is InChI=1S/C23H30FN3O3/c1-12-11-16(9-10-17(12)24)26-21(29)18-13(2)19(27(8)14(18)3)20(28)22(30)25-15(4)23(5,6)7/h9-11,15H,1-8H3,(H,25,30)(H,26,29)/t15-/m1/s1. The van der Waals surface area contributed by atoms with Crippen molar-refractivity contribution in [3.8, 4) is 0 Å². The molecule has 0 saturated heterocycles. The van der Waals surface area contributed by atoms with Crippen molar-refractivity contribution in [3.05, 3.63) is 52.1 Å². The third-order valence-electron chi connectivity index (χ3n) is 5.64. The summed E-state index contributed by atoms with van der Waals surface area (Å²) < 4.78 is 15.0. The highest BCUT2D eigenvalue weighted by Crippen LogP contribution is 2.24. The number of anilines is 1. The van der Waals surface area contributed by atoms with Gasteiger partial charge >= 0.3 is 0 Å². The van der Waals surface area contributed by atoms with Crippen LogP contribution in [0.15, 0.2) is 18.2 Å². The summed E-state index contributed by atoms with van der Waals surface area (Å²) in [4.78, 5) is 38.3. The van der Waals surface area contributed by atoms with Gasteiger partial charge in [0.1, 0.15) is 5.82 Å². The summed E-state index contributed by atoms with van der Waals surface area (Å²) in [6.45, 7) is 12.7. The predicted molar refractivity (Wildman–Crippen MR) is 115 cm³/mol. The monoisotopic (exact) mass is 415 g/mol. The minimum atomic E-state index is -0.706. The third kappa shape index (κ3) is 4.61. The highest BCUT2D eigenvalue weighted by molar-refractivity contribution is 6.43. The molecule has 0 aliphatic rings. The molecular formula is C23H30FN3O3. The molecule has 0 bridgehead atoms. The van der Waals surface area contributed by atoms with Crippen LogP contribution in [0.3, 0.4) is 0 Å². The van der Waals surface area contributed by atoms with Gasteiger partial charge in [-0.2, -0.15) is 0 Å². The zero-order valence-corrected chi connectivity index (χ0v) is 18.9. The molecule has 1 heterocycles. The highest BCUT2D eigenvalue weighted by atomic mass is 19.1. The van der Waals surface area contributed by atoms with Crippen LogP contribution in [0.1, 0.15) is 65.4 Å². The number of benzene rings is 1. The molecule has 1 aromatic heterocycles. The fraction of sp³-hybridized carbons (Fsp3) is 0.435. The van der Waals surface area contributed by atoms with Crippen molar-refractivity contribution < 1.29 is 18.8 Å². The van der Waals surface area contributed by atoms with Gasteiger partial charge < -0.3 is 15.2 Å². The van der Waals surface area contributed by atoms with Crippen LogP contribution in [-0.4, -0.2) is 28.2 Å². The number of halogens is 1. The zero-order chi connectivity index (χ0) is 23.0. The van der Waals surface area contributed by atoms with Crippen LogP contribution < -0.4 is 10.6 Å². The molecule has 0 spiro atoms. The van der Waals surface area contributed by atoms with Crippen LogP contribution in [0, 0.1) is 32.0 Å². The second-order valence-corrected chi connectivity index (χ2v) is 8.80. The van der Waals surface area contributed by atoms with Crippen molar-refractivity contribution in [1.82, 2.24) is 9.88 Å². The molecule has 2 aromatic rings. The Morgan fingerprint density at radius 2 is 1.70 bits per heavy atom. The maximum absolute atomic E-state index is 13.5. The molecular weight excluding hydrogens is 385 g/mol. The number of carbonyl (C=O) groups is 3. The lowest BCUT2D eigenvalue weighted by Gasteiger charge is -2.27. The first-order valence-electron chi connectivity index (χ1n) is 9.84. The number of ketones is 1. The summed E-state index contributed by atoms with van der Waals surface area (Å²) in [6, 6.07) is 4.08. The lowest BCUT2D eigenvalue weighted by Crippen LogP contribution is -2.44. The summed E-state index contributed by atoms with van der Waals surface area (Å²) in [5.74, 6) is -2.18. The minimum absolute atomic E-state index is 0.173. The average Bonchev–Trinajstić information content (AvgIpc) is 2.85. The maximum atomic E-state index is 13.5. The number of carbonyl (C=O) groups excluding carboxylic acids is 3. The van der Waals surface area contributed by atoms with Crippen molar-refractivity contribution >= 4 is 23.3 Å². The SMILES string of the molecule is Cc1cc(NC(=O)c2c(C)c(C(=O)C(=O)N[C@H](C)C(C)(C)C)n(C)c2C)ccc1F. The van der Waals surface area contributed by atoms with Crippen molar-refractivity contribution in [1.29, 1.82) is 0 Å². The molecule has 30 heavy (non-hydrogen) atoms. The molecule has 0 radical (unpaired) electrons. The van der Waals surface area contributed by atoms with Gasteiger partial charge in [0, 0.05) is 24.5 Å². The number of Topliss-reactive ketones (excluding diaryl/α,β-unsaturated/α-hetero) is 1. The number of hydrogen-bond acceptors (Lipinski definition) is 3. The van der Waals surface area contributed by atoms with Crippen LogP contribution in [-0.2, 0) is 11.8 Å². The molecule has 0 aliphatic heterocycles. The number of nitrogens with zero attached hydrogens (tertiary/aromatic N) is 1. The Morgan fingerprint density at radius 3 is 2.23 bits per heavy atom. The zero-order valence-electron chi connectivity index (χ0n) is 18.9. The Morgan fingerprint density at radius 1 is 1.10 bits per heavy atom. The second kappa shape index (κ2) is 8.42. The Labute approximate surface area is 176 Å². The maximum Gasteiger partial charge on any atom is 0.294 e. The Bertz CT molecular complexity index is 1020. The molecule has 162 valence electrons. The second-order valence-electron chi connectivity index (χ2n) is 8.80. The van der Waals surface area contributed by atoms with Gasteiger partial charge in [-0.3, -0.25) is 14.4 Å². The molecule has 0 fully saturated rings. The van der Waals surface area contributed by atoms with Crippen molar-refractivity contribution in [2.45, 2.75) is 54.5 Å². The lowest BCUT2D eigenvalue weighted by molar-refractivity contribution is -0.118. The summed E-state index contributed by atoms with van der Waals surface area (Å²) in [5.41, 5.74) is 2.14. The van der Waals surface area contributed by atoms with Gasteiger partial charge in [0.05, 0.1) is 11.3 Å². The molecule has 2 rings (SSSR count). The van der Waals surface area contributed by atoms with E-state index in [1.54, 1.807) is 32.4 Å². The fourth-order valence-corrected chi connectivity index (χ4v) is 3.14. The van der Waals surface area contributed by atoms with E-state index in [1.807, 2.05) is 27.7 Å². The van der Waals surface area contributed by atoms with E-state index >= 15 is 0 Å². The van der Waals surface area contributed by atoms with Crippen molar-refractivity contribution in [2.75, 3.05) is 5.32 Å². The average molecular weight is 416 g/mol. The molecule has 0 saturated carbocycles. The molecule has 1 atom stereocenters. The first-order chi connectivity index (χ1) is 13.8. The van der Waals surface area contributed by atoms with Crippen molar-refractivity contribution in [2.24, 2.45) is 12.5 Å². The molecule has 0 aliphatic carbocycles. The van der Waals surface area contributed by atoms with Gasteiger partial charge in [-0.15, -0.1) is 0 Å². The quantitative estimate of drug-likeness (QED) is 0.571. The van der Waals surface area contributed by atoms with Gasteiger partial charge in [0.15, 0.2) is 0 Å². The summed E-state index contributed by atoms with van der Waals surface area (Å²) in [5, 5.41) is 5.48. The van der Waals surface area contributed by atoms with Crippen LogP contribution >= 0.6 is 0 Å². The lowest BCUT2D eigenvalue weighted by atomic mass is 9.88. The van der Waals surface area contributed by atoms with Crippen LogP contribution in [0.4, 0.5) is 10.1 Å². The number of aryl methyl sites for hydroxylation is 1. The Kier molecular flexibility index (Phi) is 6.54. The van der Waals surface area contributed by atoms with Gasteiger partial charge in [-0.1, -0.05) is 20.8 Å².